The number of carboxylic acid groups (broad SMARTS) is 1. The van der Waals surface area contributed by atoms with Gasteiger partial charge in [0.05, 0.1) is 0 Å². The molecule has 22 heavy (non-hydrogen) atoms. The van der Waals surface area contributed by atoms with Crippen molar-refractivity contribution in [1.82, 2.24) is 0 Å². The first-order chi connectivity index (χ1) is 10.8. The molecule has 0 amide bonds. The normalized spacial score (nSPS) is 10.4. The van der Waals surface area contributed by atoms with E-state index >= 15 is 0 Å². The molecular weight excluding hydrogens is 274 g/mol. The fourth-order valence-electron chi connectivity index (χ4n) is 2.57. The summed E-state index contributed by atoms with van der Waals surface area (Å²) >= 11 is 0. The standard InChI is InChI=1S/C19H15NO2/c21-19(22)14-20-17(15-8-3-1-4-9-15)12-7-13-18(20)16-10-5-2-6-11-16/h1-13H,14H2/p+1. The molecule has 0 saturated carbocycles. The van der Waals surface area contributed by atoms with E-state index in [1.807, 2.05) is 83.4 Å². The third-order valence-corrected chi connectivity index (χ3v) is 3.52. The van der Waals surface area contributed by atoms with Gasteiger partial charge in [-0.2, -0.15) is 4.57 Å². The van der Waals surface area contributed by atoms with Gasteiger partial charge in [-0.05, 0) is 30.3 Å². The van der Waals surface area contributed by atoms with Crippen LogP contribution in [0.1, 0.15) is 0 Å². The summed E-state index contributed by atoms with van der Waals surface area (Å²) in [5.74, 6) is -0.856. The molecule has 2 aromatic carbocycles. The average molecular weight is 290 g/mol. The maximum Gasteiger partial charge on any atom is 0.370 e. The molecule has 0 aliphatic rings. The van der Waals surface area contributed by atoms with Crippen LogP contribution in [0, 0.1) is 0 Å². The molecule has 0 radical (unpaired) electrons. The molecule has 3 nitrogen and oxygen atoms in total. The molecule has 1 heterocycles. The van der Waals surface area contributed by atoms with E-state index in [1.165, 1.54) is 0 Å². The molecule has 1 N–H and O–H groups in total. The van der Waals surface area contributed by atoms with Gasteiger partial charge in [0.25, 0.3) is 0 Å². The number of nitrogens with zero attached hydrogens (tertiary/aromatic N) is 1. The van der Waals surface area contributed by atoms with E-state index in [4.69, 9.17) is 0 Å². The van der Waals surface area contributed by atoms with Crippen LogP contribution >= 0.6 is 0 Å². The summed E-state index contributed by atoms with van der Waals surface area (Å²) in [6.45, 7) is -0.0741. The fourth-order valence-corrected chi connectivity index (χ4v) is 2.57. The summed E-state index contributed by atoms with van der Waals surface area (Å²) in [7, 11) is 0. The highest BCUT2D eigenvalue weighted by Gasteiger charge is 2.21. The fraction of sp³-hybridized carbons (Fsp3) is 0.0526. The Hall–Kier alpha value is -2.94. The summed E-state index contributed by atoms with van der Waals surface area (Å²) in [5, 5.41) is 9.29. The first-order valence-corrected chi connectivity index (χ1v) is 7.11. The van der Waals surface area contributed by atoms with Crippen LogP contribution in [-0.4, -0.2) is 11.1 Å². The molecule has 0 unspecified atom stereocenters. The van der Waals surface area contributed by atoms with Crippen molar-refractivity contribution in [3.8, 4) is 22.5 Å². The number of pyridine rings is 1. The zero-order valence-corrected chi connectivity index (χ0v) is 12.0. The smallest absolute Gasteiger partial charge is 0.370 e. The van der Waals surface area contributed by atoms with Crippen LogP contribution < -0.4 is 4.57 Å². The van der Waals surface area contributed by atoms with Crippen molar-refractivity contribution in [1.29, 1.82) is 0 Å². The minimum Gasteiger partial charge on any atom is -0.477 e. The molecule has 0 spiro atoms. The van der Waals surface area contributed by atoms with Gasteiger partial charge < -0.3 is 5.11 Å². The second-order valence-corrected chi connectivity index (χ2v) is 5.01. The molecule has 0 aliphatic heterocycles. The molecular formula is C19H16NO2+. The lowest BCUT2D eigenvalue weighted by Crippen LogP contribution is -2.42. The molecule has 3 heteroatoms. The predicted molar refractivity (Wildman–Crippen MR) is 85.1 cm³/mol. The van der Waals surface area contributed by atoms with E-state index in [2.05, 4.69) is 0 Å². The first-order valence-electron chi connectivity index (χ1n) is 7.11. The highest BCUT2D eigenvalue weighted by Crippen LogP contribution is 2.20. The monoisotopic (exact) mass is 290 g/mol. The average Bonchev–Trinajstić information content (AvgIpc) is 2.56. The van der Waals surface area contributed by atoms with E-state index in [1.54, 1.807) is 0 Å². The lowest BCUT2D eigenvalue weighted by molar-refractivity contribution is -0.664. The van der Waals surface area contributed by atoms with Gasteiger partial charge in [0.15, 0.2) is 0 Å². The number of hydrogen-bond donors (Lipinski definition) is 1. The Bertz CT molecular complexity index is 725. The predicted octanol–water partition coefficient (Wildman–Crippen LogP) is 3.39. The third-order valence-electron chi connectivity index (χ3n) is 3.52. The highest BCUT2D eigenvalue weighted by molar-refractivity contribution is 5.67. The van der Waals surface area contributed by atoms with Crippen molar-refractivity contribution >= 4 is 5.97 Å². The van der Waals surface area contributed by atoms with Gasteiger partial charge in [-0.15, -0.1) is 0 Å². The summed E-state index contributed by atoms with van der Waals surface area (Å²) in [4.78, 5) is 11.3. The number of aromatic nitrogens is 1. The number of carboxylic acids is 1. The van der Waals surface area contributed by atoms with Gasteiger partial charge in [0.2, 0.25) is 17.9 Å². The molecule has 0 bridgehead atoms. The number of carbonyl (C=O) groups is 1. The van der Waals surface area contributed by atoms with Gasteiger partial charge in [-0.3, -0.25) is 0 Å². The van der Waals surface area contributed by atoms with Crippen molar-refractivity contribution in [2.24, 2.45) is 0 Å². The molecule has 1 aromatic heterocycles. The Morgan fingerprint density at radius 1 is 0.727 bits per heavy atom. The zero-order chi connectivity index (χ0) is 15.4. The van der Waals surface area contributed by atoms with Crippen LogP contribution in [0.25, 0.3) is 22.5 Å². The van der Waals surface area contributed by atoms with Gasteiger partial charge in [-0.25, -0.2) is 4.79 Å². The van der Waals surface area contributed by atoms with Gasteiger partial charge >= 0.3 is 5.97 Å². The van der Waals surface area contributed by atoms with Crippen molar-refractivity contribution in [2.45, 2.75) is 6.54 Å². The van der Waals surface area contributed by atoms with E-state index in [0.29, 0.717) is 0 Å². The number of benzene rings is 2. The van der Waals surface area contributed by atoms with Crippen LogP contribution in [0.4, 0.5) is 0 Å². The summed E-state index contributed by atoms with van der Waals surface area (Å²) < 4.78 is 1.84. The zero-order valence-electron chi connectivity index (χ0n) is 12.0. The Kier molecular flexibility index (Phi) is 3.97. The molecule has 0 saturated heterocycles. The quantitative estimate of drug-likeness (QED) is 0.748. The van der Waals surface area contributed by atoms with Gasteiger partial charge in [0, 0.05) is 23.3 Å². The maximum absolute atomic E-state index is 11.3. The maximum atomic E-state index is 11.3. The minimum absolute atomic E-state index is 0.0741. The second kappa shape index (κ2) is 6.22. The Morgan fingerprint density at radius 2 is 1.18 bits per heavy atom. The van der Waals surface area contributed by atoms with Crippen LogP contribution in [0.15, 0.2) is 78.9 Å². The van der Waals surface area contributed by atoms with Gasteiger partial charge in [-0.1, -0.05) is 36.4 Å². The lowest BCUT2D eigenvalue weighted by Gasteiger charge is -2.08. The van der Waals surface area contributed by atoms with Crippen LogP contribution in [0.5, 0.6) is 0 Å². The number of rotatable bonds is 4. The van der Waals surface area contributed by atoms with E-state index in [-0.39, 0.29) is 6.54 Å². The topological polar surface area (TPSA) is 41.2 Å². The van der Waals surface area contributed by atoms with E-state index in [0.717, 1.165) is 22.5 Å². The van der Waals surface area contributed by atoms with Crippen molar-refractivity contribution < 1.29 is 14.5 Å². The summed E-state index contributed by atoms with van der Waals surface area (Å²) in [5.41, 5.74) is 3.79. The van der Waals surface area contributed by atoms with Crippen LogP contribution in [0.3, 0.4) is 0 Å². The second-order valence-electron chi connectivity index (χ2n) is 5.01. The Balaban J connectivity index is 2.21. The molecule has 3 aromatic rings. The molecule has 0 atom stereocenters. The van der Waals surface area contributed by atoms with Crippen LogP contribution in [-0.2, 0) is 11.3 Å². The SMILES string of the molecule is O=C(O)C[n+]1c(-c2ccccc2)cccc1-c1ccccc1. The van der Waals surface area contributed by atoms with Gasteiger partial charge in [0.1, 0.15) is 0 Å². The first kappa shape index (κ1) is 14.0. The molecule has 0 fully saturated rings. The number of hydrogen-bond acceptors (Lipinski definition) is 1. The third kappa shape index (κ3) is 2.88. The lowest BCUT2D eigenvalue weighted by atomic mass is 10.1. The molecule has 3 rings (SSSR count). The Morgan fingerprint density at radius 3 is 1.59 bits per heavy atom. The highest BCUT2D eigenvalue weighted by atomic mass is 16.4. The molecule has 0 aliphatic carbocycles. The van der Waals surface area contributed by atoms with E-state index in [9.17, 15) is 9.90 Å². The van der Waals surface area contributed by atoms with E-state index < -0.39 is 5.97 Å². The van der Waals surface area contributed by atoms with Crippen molar-refractivity contribution in [3.63, 3.8) is 0 Å². The minimum atomic E-state index is -0.856. The van der Waals surface area contributed by atoms with Crippen molar-refractivity contribution in [3.05, 3.63) is 78.9 Å². The number of aliphatic carboxylic acids is 1. The Labute approximate surface area is 129 Å². The largest absolute Gasteiger partial charge is 0.477 e. The van der Waals surface area contributed by atoms with Crippen molar-refractivity contribution in [2.75, 3.05) is 0 Å². The summed E-state index contributed by atoms with van der Waals surface area (Å²) in [6, 6.07) is 25.5. The van der Waals surface area contributed by atoms with Crippen LogP contribution in [0.2, 0.25) is 0 Å². The molecule has 108 valence electrons. The summed E-state index contributed by atoms with van der Waals surface area (Å²) in [6.07, 6.45) is 0.